The minimum atomic E-state index is -0.607. The van der Waals surface area contributed by atoms with Gasteiger partial charge in [0.1, 0.15) is 0 Å². The SMILES string of the molecule is COC(C(=O)N[C@@H](C)c1cccc2ccccc12)[C@H](N)CC1CCCCC1. The van der Waals surface area contributed by atoms with Gasteiger partial charge in [0, 0.05) is 13.2 Å². The Kier molecular flexibility index (Phi) is 6.86. The third-order valence-corrected chi connectivity index (χ3v) is 5.88. The Bertz CT molecular complexity index is 750. The van der Waals surface area contributed by atoms with E-state index in [1.807, 2.05) is 25.1 Å². The topological polar surface area (TPSA) is 64.3 Å². The fraction of sp³-hybridized carbons (Fsp3) is 0.522. The summed E-state index contributed by atoms with van der Waals surface area (Å²) in [5.74, 6) is 0.496. The van der Waals surface area contributed by atoms with E-state index in [4.69, 9.17) is 10.5 Å². The predicted molar refractivity (Wildman–Crippen MR) is 110 cm³/mol. The Labute approximate surface area is 162 Å². The van der Waals surface area contributed by atoms with Crippen molar-refractivity contribution in [1.82, 2.24) is 5.32 Å². The second-order valence-electron chi connectivity index (χ2n) is 7.86. The molecule has 4 nitrogen and oxygen atoms in total. The first kappa shape index (κ1) is 19.8. The zero-order valence-corrected chi connectivity index (χ0v) is 16.5. The number of carbonyl (C=O) groups is 1. The van der Waals surface area contributed by atoms with Crippen molar-refractivity contribution in [3.8, 4) is 0 Å². The molecule has 3 rings (SSSR count). The third-order valence-electron chi connectivity index (χ3n) is 5.88. The average molecular weight is 369 g/mol. The number of ether oxygens (including phenoxy) is 1. The standard InChI is InChI=1S/C23H32N2O2/c1-16(19-14-8-12-18-11-6-7-13-20(18)19)25-23(26)22(27-2)21(24)15-17-9-4-3-5-10-17/h6-8,11-14,16-17,21-22H,3-5,9-10,15,24H2,1-2H3,(H,25,26)/t16-,21+,22?/m0/s1. The molecule has 0 radical (unpaired) electrons. The Morgan fingerprint density at radius 2 is 1.85 bits per heavy atom. The van der Waals surface area contributed by atoms with Crippen LogP contribution >= 0.6 is 0 Å². The first-order valence-electron chi connectivity index (χ1n) is 10.2. The van der Waals surface area contributed by atoms with Crippen molar-refractivity contribution in [2.75, 3.05) is 7.11 Å². The summed E-state index contributed by atoms with van der Waals surface area (Å²) in [6.07, 6.45) is 6.57. The molecule has 4 heteroatoms. The lowest BCUT2D eigenvalue weighted by Crippen LogP contribution is -2.48. The van der Waals surface area contributed by atoms with E-state index in [0.29, 0.717) is 5.92 Å². The van der Waals surface area contributed by atoms with E-state index < -0.39 is 6.10 Å². The fourth-order valence-electron chi connectivity index (χ4n) is 4.41. The Hall–Kier alpha value is -1.91. The van der Waals surface area contributed by atoms with Crippen LogP contribution in [0.15, 0.2) is 42.5 Å². The molecule has 0 saturated heterocycles. The molecular weight excluding hydrogens is 336 g/mol. The van der Waals surface area contributed by atoms with Gasteiger partial charge in [0.15, 0.2) is 6.10 Å². The normalized spacial score (nSPS) is 18.8. The lowest BCUT2D eigenvalue weighted by atomic mass is 9.84. The van der Waals surface area contributed by atoms with E-state index in [1.54, 1.807) is 7.11 Å². The largest absolute Gasteiger partial charge is 0.370 e. The van der Waals surface area contributed by atoms with Crippen LogP contribution in [-0.4, -0.2) is 25.2 Å². The molecule has 3 N–H and O–H groups in total. The summed E-state index contributed by atoms with van der Waals surface area (Å²) >= 11 is 0. The maximum absolute atomic E-state index is 12.9. The van der Waals surface area contributed by atoms with E-state index in [-0.39, 0.29) is 18.0 Å². The van der Waals surface area contributed by atoms with Crippen LogP contribution in [0.1, 0.15) is 57.1 Å². The van der Waals surface area contributed by atoms with Crippen LogP contribution in [0, 0.1) is 5.92 Å². The lowest BCUT2D eigenvalue weighted by molar-refractivity contribution is -0.133. The predicted octanol–water partition coefficient (Wildman–Crippen LogP) is 4.33. The van der Waals surface area contributed by atoms with Gasteiger partial charge in [0.2, 0.25) is 0 Å². The zero-order valence-electron chi connectivity index (χ0n) is 16.5. The van der Waals surface area contributed by atoms with Crippen molar-refractivity contribution in [2.24, 2.45) is 11.7 Å². The van der Waals surface area contributed by atoms with Crippen LogP contribution in [0.2, 0.25) is 0 Å². The minimum Gasteiger partial charge on any atom is -0.370 e. The molecule has 0 heterocycles. The van der Waals surface area contributed by atoms with Gasteiger partial charge in [-0.25, -0.2) is 0 Å². The molecule has 0 spiro atoms. The number of nitrogens with two attached hydrogens (primary N) is 1. The van der Waals surface area contributed by atoms with Crippen molar-refractivity contribution in [3.05, 3.63) is 48.0 Å². The van der Waals surface area contributed by atoms with Gasteiger partial charge in [-0.1, -0.05) is 74.6 Å². The highest BCUT2D eigenvalue weighted by Gasteiger charge is 2.29. The lowest BCUT2D eigenvalue weighted by Gasteiger charge is -2.29. The molecule has 27 heavy (non-hydrogen) atoms. The maximum Gasteiger partial charge on any atom is 0.251 e. The number of methoxy groups -OCH3 is 1. The van der Waals surface area contributed by atoms with E-state index in [0.717, 1.165) is 17.4 Å². The summed E-state index contributed by atoms with van der Waals surface area (Å²) in [6.45, 7) is 2.01. The Morgan fingerprint density at radius 1 is 1.15 bits per heavy atom. The van der Waals surface area contributed by atoms with E-state index >= 15 is 0 Å². The summed E-state index contributed by atoms with van der Waals surface area (Å²) in [5.41, 5.74) is 7.49. The molecule has 0 aliphatic heterocycles. The second kappa shape index (κ2) is 9.34. The molecule has 1 fully saturated rings. The van der Waals surface area contributed by atoms with Gasteiger partial charge in [0.25, 0.3) is 5.91 Å². The van der Waals surface area contributed by atoms with Crippen LogP contribution in [0.25, 0.3) is 10.8 Å². The zero-order chi connectivity index (χ0) is 19.2. The molecule has 1 aliphatic carbocycles. The van der Waals surface area contributed by atoms with Gasteiger partial charge in [-0.3, -0.25) is 4.79 Å². The quantitative estimate of drug-likeness (QED) is 0.764. The smallest absolute Gasteiger partial charge is 0.251 e. The highest BCUT2D eigenvalue weighted by Crippen LogP contribution is 2.28. The average Bonchev–Trinajstić information content (AvgIpc) is 2.68. The van der Waals surface area contributed by atoms with Crippen molar-refractivity contribution >= 4 is 16.7 Å². The molecule has 1 aliphatic rings. The van der Waals surface area contributed by atoms with Gasteiger partial charge < -0.3 is 15.8 Å². The van der Waals surface area contributed by atoms with E-state index in [9.17, 15) is 4.79 Å². The highest BCUT2D eigenvalue weighted by molar-refractivity contribution is 5.87. The third kappa shape index (κ3) is 4.88. The highest BCUT2D eigenvalue weighted by atomic mass is 16.5. The van der Waals surface area contributed by atoms with Gasteiger partial charge in [-0.2, -0.15) is 0 Å². The van der Waals surface area contributed by atoms with E-state index in [1.165, 1.54) is 37.5 Å². The molecule has 0 bridgehead atoms. The summed E-state index contributed by atoms with van der Waals surface area (Å²) in [4.78, 5) is 12.9. The van der Waals surface area contributed by atoms with Crippen molar-refractivity contribution in [3.63, 3.8) is 0 Å². The van der Waals surface area contributed by atoms with Crippen molar-refractivity contribution in [2.45, 2.75) is 63.6 Å². The summed E-state index contributed by atoms with van der Waals surface area (Å²) in [6, 6.07) is 14.0. The van der Waals surface area contributed by atoms with Crippen LogP contribution < -0.4 is 11.1 Å². The van der Waals surface area contributed by atoms with Gasteiger partial charge >= 0.3 is 0 Å². The molecule has 3 atom stereocenters. The monoisotopic (exact) mass is 368 g/mol. The molecule has 2 aromatic carbocycles. The summed E-state index contributed by atoms with van der Waals surface area (Å²) in [5, 5.41) is 5.45. The van der Waals surface area contributed by atoms with Gasteiger partial charge in [0.05, 0.1) is 6.04 Å². The minimum absolute atomic E-state index is 0.108. The molecule has 0 aromatic heterocycles. The molecule has 146 valence electrons. The second-order valence-corrected chi connectivity index (χ2v) is 7.86. The van der Waals surface area contributed by atoms with Crippen LogP contribution in [0.3, 0.4) is 0 Å². The number of hydrogen-bond acceptors (Lipinski definition) is 3. The van der Waals surface area contributed by atoms with Crippen LogP contribution in [-0.2, 0) is 9.53 Å². The number of fused-ring (bicyclic) bond motifs is 1. The summed E-state index contributed by atoms with van der Waals surface area (Å²) < 4.78 is 5.50. The van der Waals surface area contributed by atoms with Gasteiger partial charge in [-0.05, 0) is 35.6 Å². The number of nitrogens with one attached hydrogen (secondary N) is 1. The van der Waals surface area contributed by atoms with Crippen molar-refractivity contribution < 1.29 is 9.53 Å². The maximum atomic E-state index is 12.9. The fourth-order valence-corrected chi connectivity index (χ4v) is 4.41. The number of benzene rings is 2. The molecule has 1 unspecified atom stereocenters. The molecule has 2 aromatic rings. The van der Waals surface area contributed by atoms with Gasteiger partial charge in [-0.15, -0.1) is 0 Å². The van der Waals surface area contributed by atoms with Crippen molar-refractivity contribution in [1.29, 1.82) is 0 Å². The molecule has 1 saturated carbocycles. The first-order valence-corrected chi connectivity index (χ1v) is 10.2. The Morgan fingerprint density at radius 3 is 2.59 bits per heavy atom. The first-order chi connectivity index (χ1) is 13.1. The number of hydrogen-bond donors (Lipinski definition) is 2. The Balaban J connectivity index is 1.66. The van der Waals surface area contributed by atoms with E-state index in [2.05, 4.69) is 29.6 Å². The summed E-state index contributed by atoms with van der Waals surface area (Å²) in [7, 11) is 1.58. The van der Waals surface area contributed by atoms with Crippen LogP contribution in [0.5, 0.6) is 0 Å². The number of rotatable bonds is 7. The van der Waals surface area contributed by atoms with Crippen LogP contribution in [0.4, 0.5) is 0 Å². The number of amides is 1. The molecule has 1 amide bonds. The molecular formula is C23H32N2O2. The number of carbonyl (C=O) groups excluding carboxylic acids is 1.